The monoisotopic (exact) mass is 230 g/mol. The minimum atomic E-state index is 0.0332. The summed E-state index contributed by atoms with van der Waals surface area (Å²) in [4.78, 5) is 13.4. The molecule has 4 nitrogen and oxygen atoms in total. The fourth-order valence-electron chi connectivity index (χ4n) is 1.31. The molecule has 0 rings (SSSR count). The van der Waals surface area contributed by atoms with Gasteiger partial charge in [0.05, 0.1) is 6.54 Å². The fraction of sp³-hybridized carbons (Fsp3) is 0.917. The van der Waals surface area contributed by atoms with E-state index in [2.05, 4.69) is 19.2 Å². The molecule has 96 valence electrons. The highest BCUT2D eigenvalue weighted by Gasteiger charge is 2.18. The van der Waals surface area contributed by atoms with Crippen LogP contribution in [-0.4, -0.2) is 48.7 Å². The van der Waals surface area contributed by atoms with Gasteiger partial charge in [0.2, 0.25) is 5.91 Å². The van der Waals surface area contributed by atoms with E-state index in [1.54, 1.807) is 4.90 Å². The lowest BCUT2D eigenvalue weighted by Gasteiger charge is -2.26. The van der Waals surface area contributed by atoms with Gasteiger partial charge >= 0.3 is 0 Å². The van der Waals surface area contributed by atoms with Gasteiger partial charge in [0, 0.05) is 26.2 Å². The average Bonchev–Trinajstić information content (AvgIpc) is 2.15. The third-order valence-corrected chi connectivity index (χ3v) is 2.84. The van der Waals surface area contributed by atoms with Crippen LogP contribution in [0.2, 0.25) is 0 Å². The van der Waals surface area contributed by atoms with Gasteiger partial charge in [-0.25, -0.2) is 0 Å². The summed E-state index contributed by atoms with van der Waals surface area (Å²) < 4.78 is 0. The lowest BCUT2D eigenvalue weighted by Crippen LogP contribution is -2.41. The van der Waals surface area contributed by atoms with Crippen molar-refractivity contribution in [2.75, 3.05) is 26.7 Å². The molecule has 0 radical (unpaired) electrons. The van der Waals surface area contributed by atoms with Crippen LogP contribution in [0.15, 0.2) is 0 Å². The minimum Gasteiger partial charge on any atom is -0.396 e. The minimum absolute atomic E-state index is 0.0332. The number of hydrogen-bond acceptors (Lipinski definition) is 3. The van der Waals surface area contributed by atoms with Gasteiger partial charge in [-0.05, 0) is 25.7 Å². The second kappa shape index (κ2) is 6.86. The van der Waals surface area contributed by atoms with Crippen molar-refractivity contribution >= 4 is 5.91 Å². The van der Waals surface area contributed by atoms with E-state index in [1.807, 2.05) is 20.9 Å². The second-order valence-electron chi connectivity index (χ2n) is 5.34. The maximum absolute atomic E-state index is 11.6. The summed E-state index contributed by atoms with van der Waals surface area (Å²) in [5.41, 5.74) is 0.0332. The Hall–Kier alpha value is -0.610. The lowest BCUT2D eigenvalue weighted by molar-refractivity contribution is -0.130. The van der Waals surface area contributed by atoms with Crippen molar-refractivity contribution < 1.29 is 9.90 Å². The fourth-order valence-corrected chi connectivity index (χ4v) is 1.31. The number of aliphatic hydroxyl groups is 1. The lowest BCUT2D eigenvalue weighted by atomic mass is 9.90. The normalized spacial score (nSPS) is 11.9. The molecule has 0 bridgehead atoms. The van der Waals surface area contributed by atoms with E-state index in [1.165, 1.54) is 0 Å². The highest BCUT2D eigenvalue weighted by atomic mass is 16.3. The Labute approximate surface area is 99.0 Å². The van der Waals surface area contributed by atoms with E-state index < -0.39 is 0 Å². The SMILES string of the molecule is CC(C)N(C)C(=O)CNCC(C)(C)CCO. The molecule has 0 aromatic carbocycles. The number of aliphatic hydroxyl groups excluding tert-OH is 1. The molecule has 0 aromatic heterocycles. The van der Waals surface area contributed by atoms with Crippen molar-refractivity contribution in [3.05, 3.63) is 0 Å². The highest BCUT2D eigenvalue weighted by molar-refractivity contribution is 5.78. The summed E-state index contributed by atoms with van der Waals surface area (Å²) in [6, 6.07) is 0.236. The molecule has 0 aliphatic rings. The van der Waals surface area contributed by atoms with Gasteiger partial charge in [-0.1, -0.05) is 13.8 Å². The van der Waals surface area contributed by atoms with Crippen LogP contribution in [0.5, 0.6) is 0 Å². The van der Waals surface area contributed by atoms with Crippen LogP contribution in [0, 0.1) is 5.41 Å². The molecule has 0 saturated carbocycles. The Morgan fingerprint density at radius 2 is 2.00 bits per heavy atom. The Morgan fingerprint density at radius 3 is 2.44 bits per heavy atom. The van der Waals surface area contributed by atoms with Gasteiger partial charge in [0.15, 0.2) is 0 Å². The summed E-state index contributed by atoms with van der Waals surface area (Å²) >= 11 is 0. The largest absolute Gasteiger partial charge is 0.396 e. The van der Waals surface area contributed by atoms with E-state index in [0.29, 0.717) is 6.54 Å². The van der Waals surface area contributed by atoms with E-state index >= 15 is 0 Å². The molecule has 0 heterocycles. The maximum atomic E-state index is 11.6. The van der Waals surface area contributed by atoms with Crippen LogP contribution in [0.1, 0.15) is 34.1 Å². The van der Waals surface area contributed by atoms with Crippen LogP contribution >= 0.6 is 0 Å². The molecular weight excluding hydrogens is 204 g/mol. The van der Waals surface area contributed by atoms with Crippen LogP contribution in [0.4, 0.5) is 0 Å². The quantitative estimate of drug-likeness (QED) is 0.682. The Bertz CT molecular complexity index is 215. The number of likely N-dealkylation sites (N-methyl/N-ethyl adjacent to an activating group) is 1. The first-order chi connectivity index (χ1) is 7.30. The molecule has 0 spiro atoms. The van der Waals surface area contributed by atoms with Crippen LogP contribution in [0.3, 0.4) is 0 Å². The highest BCUT2D eigenvalue weighted by Crippen LogP contribution is 2.17. The number of hydrogen-bond donors (Lipinski definition) is 2. The standard InChI is InChI=1S/C12H26N2O2/c1-10(2)14(5)11(16)8-13-9-12(3,4)6-7-15/h10,13,15H,6-9H2,1-5H3. The van der Waals surface area contributed by atoms with Crippen molar-refractivity contribution in [2.45, 2.75) is 40.2 Å². The number of nitrogens with zero attached hydrogens (tertiary/aromatic N) is 1. The molecule has 0 aliphatic carbocycles. The van der Waals surface area contributed by atoms with E-state index in [9.17, 15) is 4.79 Å². The molecule has 0 fully saturated rings. The topological polar surface area (TPSA) is 52.6 Å². The van der Waals surface area contributed by atoms with E-state index in [0.717, 1.165) is 13.0 Å². The Balaban J connectivity index is 3.86. The smallest absolute Gasteiger partial charge is 0.236 e. The number of carbonyl (C=O) groups is 1. The summed E-state index contributed by atoms with van der Waals surface area (Å²) in [5, 5.41) is 12.0. The number of amides is 1. The summed E-state index contributed by atoms with van der Waals surface area (Å²) in [6.45, 7) is 9.43. The van der Waals surface area contributed by atoms with Crippen molar-refractivity contribution in [1.82, 2.24) is 10.2 Å². The zero-order valence-electron chi connectivity index (χ0n) is 11.2. The van der Waals surface area contributed by atoms with Gasteiger partial charge in [-0.15, -0.1) is 0 Å². The predicted molar refractivity (Wildman–Crippen MR) is 66.3 cm³/mol. The first kappa shape index (κ1) is 15.4. The molecule has 2 N–H and O–H groups in total. The van der Waals surface area contributed by atoms with Crippen molar-refractivity contribution in [2.24, 2.45) is 5.41 Å². The van der Waals surface area contributed by atoms with Gasteiger partial charge in [0.1, 0.15) is 0 Å². The Morgan fingerprint density at radius 1 is 1.44 bits per heavy atom. The molecule has 0 atom stereocenters. The van der Waals surface area contributed by atoms with Crippen molar-refractivity contribution in [1.29, 1.82) is 0 Å². The van der Waals surface area contributed by atoms with E-state index in [-0.39, 0.29) is 24.0 Å². The van der Waals surface area contributed by atoms with Crippen molar-refractivity contribution in [3.63, 3.8) is 0 Å². The van der Waals surface area contributed by atoms with E-state index in [4.69, 9.17) is 5.11 Å². The molecule has 4 heteroatoms. The van der Waals surface area contributed by atoms with Gasteiger partial charge in [-0.2, -0.15) is 0 Å². The zero-order valence-corrected chi connectivity index (χ0v) is 11.2. The first-order valence-electron chi connectivity index (χ1n) is 5.87. The zero-order chi connectivity index (χ0) is 12.8. The predicted octanol–water partition coefficient (Wildman–Crippen LogP) is 0.851. The van der Waals surface area contributed by atoms with Crippen LogP contribution in [-0.2, 0) is 4.79 Å². The van der Waals surface area contributed by atoms with Gasteiger partial charge in [0.25, 0.3) is 0 Å². The average molecular weight is 230 g/mol. The number of nitrogens with one attached hydrogen (secondary N) is 1. The summed E-state index contributed by atoms with van der Waals surface area (Å²) in [7, 11) is 1.81. The molecule has 0 aromatic rings. The third-order valence-electron chi connectivity index (χ3n) is 2.84. The number of carbonyl (C=O) groups excluding carboxylic acids is 1. The van der Waals surface area contributed by atoms with Crippen molar-refractivity contribution in [3.8, 4) is 0 Å². The van der Waals surface area contributed by atoms with Gasteiger partial charge < -0.3 is 15.3 Å². The molecule has 16 heavy (non-hydrogen) atoms. The molecule has 0 unspecified atom stereocenters. The first-order valence-corrected chi connectivity index (χ1v) is 5.87. The van der Waals surface area contributed by atoms with Gasteiger partial charge in [-0.3, -0.25) is 4.79 Å². The molecular formula is C12H26N2O2. The Kier molecular flexibility index (Phi) is 6.60. The number of rotatable bonds is 7. The molecule has 1 amide bonds. The second-order valence-corrected chi connectivity index (χ2v) is 5.34. The summed E-state index contributed by atoms with van der Waals surface area (Å²) in [6.07, 6.45) is 0.744. The summed E-state index contributed by atoms with van der Waals surface area (Å²) in [5.74, 6) is 0.106. The maximum Gasteiger partial charge on any atom is 0.236 e. The van der Waals surface area contributed by atoms with Crippen LogP contribution < -0.4 is 5.32 Å². The van der Waals surface area contributed by atoms with Crippen LogP contribution in [0.25, 0.3) is 0 Å². The molecule has 0 saturated heterocycles. The molecule has 0 aliphatic heterocycles. The third kappa shape index (κ3) is 6.08.